The number of nitro benzene ring substituents is 1. The van der Waals surface area contributed by atoms with Crippen LogP contribution in [0.4, 0.5) is 5.69 Å². The van der Waals surface area contributed by atoms with Gasteiger partial charge in [0.25, 0.3) is 11.5 Å². The molecule has 2 aromatic carbocycles. The number of fused-ring (bicyclic) bond motifs is 1. The number of nitrogens with zero attached hydrogens (tertiary/aromatic N) is 4. The highest BCUT2D eigenvalue weighted by atomic mass is 79.9. The Hall–Kier alpha value is -3.60. The molecule has 0 spiro atoms. The molecule has 2 N–H and O–H groups in total. The van der Waals surface area contributed by atoms with E-state index in [1.165, 1.54) is 17.0 Å². The number of para-hydroxylation sites is 1. The van der Waals surface area contributed by atoms with Crippen molar-refractivity contribution < 1.29 is 14.5 Å². The van der Waals surface area contributed by atoms with E-state index in [1.54, 1.807) is 18.2 Å². The number of halogens is 1. The minimum absolute atomic E-state index is 0.105. The number of ether oxygens (including phenoxy) is 1. The van der Waals surface area contributed by atoms with E-state index in [-0.39, 0.29) is 27.4 Å². The molecule has 34 heavy (non-hydrogen) atoms. The maximum Gasteiger partial charge on any atom is 0.312 e. The van der Waals surface area contributed by atoms with E-state index >= 15 is 0 Å². The molecule has 1 heterocycles. The van der Waals surface area contributed by atoms with Crippen LogP contribution in [0.25, 0.3) is 10.9 Å². The van der Waals surface area contributed by atoms with Crippen molar-refractivity contribution in [1.82, 2.24) is 9.66 Å². The Morgan fingerprint density at radius 1 is 1.29 bits per heavy atom. The first kappa shape index (κ1) is 23.6. The number of hydrogen-bond donors (Lipinski definition) is 1. The van der Waals surface area contributed by atoms with Gasteiger partial charge in [-0.05, 0) is 47.0 Å². The fraction of sp³-hybridized carbons (Fsp3) is 0.304. The molecule has 0 radical (unpaired) electrons. The normalized spacial score (nSPS) is 14.5. The number of hydrogen-bond acceptors (Lipinski definition) is 7. The summed E-state index contributed by atoms with van der Waals surface area (Å²) in [4.78, 5) is 40.0. The molecular weight excluding hydrogens is 506 g/mol. The second-order valence-corrected chi connectivity index (χ2v) is 8.90. The smallest absolute Gasteiger partial charge is 0.312 e. The van der Waals surface area contributed by atoms with Gasteiger partial charge in [-0.1, -0.05) is 31.4 Å². The van der Waals surface area contributed by atoms with Gasteiger partial charge in [-0.2, -0.15) is 9.78 Å². The number of nitro groups is 1. The topological polar surface area (TPSA) is 143 Å². The Balaban J connectivity index is 1.78. The van der Waals surface area contributed by atoms with Crippen LogP contribution in [0.1, 0.15) is 49.4 Å². The van der Waals surface area contributed by atoms with Crippen LogP contribution in [0, 0.1) is 10.1 Å². The van der Waals surface area contributed by atoms with Gasteiger partial charge in [0.2, 0.25) is 5.75 Å². The molecule has 1 saturated carbocycles. The van der Waals surface area contributed by atoms with Crippen LogP contribution in [0.15, 0.2) is 50.8 Å². The van der Waals surface area contributed by atoms with Gasteiger partial charge < -0.3 is 10.5 Å². The Labute approximate surface area is 202 Å². The lowest BCUT2D eigenvalue weighted by Crippen LogP contribution is -2.25. The predicted molar refractivity (Wildman–Crippen MR) is 130 cm³/mol. The molecule has 0 atom stereocenters. The standard InChI is InChI=1S/C23H22BrN5O5/c24-17-10-14(11-19(29(32)33)21(17)34-13-20(25)30)12-26-28-22(15-6-2-1-3-7-15)27-18-9-5-4-8-16(18)23(28)31/h4-5,8-12,15H,1-3,6-7,13H2,(H2,25,30). The zero-order chi connectivity index (χ0) is 24.2. The summed E-state index contributed by atoms with van der Waals surface area (Å²) in [6.07, 6.45) is 6.48. The van der Waals surface area contributed by atoms with E-state index in [0.717, 1.165) is 32.1 Å². The van der Waals surface area contributed by atoms with Crippen molar-refractivity contribution in [3.05, 3.63) is 72.7 Å². The molecule has 1 aromatic heterocycles. The summed E-state index contributed by atoms with van der Waals surface area (Å²) in [5, 5.41) is 16.4. The van der Waals surface area contributed by atoms with Gasteiger partial charge in [0, 0.05) is 17.5 Å². The fourth-order valence-electron chi connectivity index (χ4n) is 4.10. The lowest BCUT2D eigenvalue weighted by Gasteiger charge is -2.22. The highest BCUT2D eigenvalue weighted by Crippen LogP contribution is 2.36. The van der Waals surface area contributed by atoms with Crippen LogP contribution in [0.5, 0.6) is 5.75 Å². The molecule has 176 valence electrons. The van der Waals surface area contributed by atoms with Crippen molar-refractivity contribution in [3.63, 3.8) is 0 Å². The van der Waals surface area contributed by atoms with Gasteiger partial charge in [-0.15, -0.1) is 0 Å². The highest BCUT2D eigenvalue weighted by molar-refractivity contribution is 9.10. The average molecular weight is 528 g/mol. The third kappa shape index (κ3) is 4.98. The van der Waals surface area contributed by atoms with Crippen LogP contribution in [-0.2, 0) is 4.79 Å². The Morgan fingerprint density at radius 3 is 2.74 bits per heavy atom. The van der Waals surface area contributed by atoms with Crippen LogP contribution >= 0.6 is 15.9 Å². The summed E-state index contributed by atoms with van der Waals surface area (Å²) in [5.74, 6) is -0.179. The molecule has 1 aliphatic rings. The summed E-state index contributed by atoms with van der Waals surface area (Å²) in [6, 6.07) is 9.92. The largest absolute Gasteiger partial charge is 0.476 e. The van der Waals surface area contributed by atoms with Gasteiger partial charge in [0.15, 0.2) is 6.61 Å². The summed E-state index contributed by atoms with van der Waals surface area (Å²) < 4.78 is 6.75. The SMILES string of the molecule is NC(=O)COc1c(Br)cc(C=Nn2c(C3CCCCC3)nc3ccccc3c2=O)cc1[N+](=O)[O-]. The summed E-state index contributed by atoms with van der Waals surface area (Å²) in [6.45, 7) is -0.504. The van der Waals surface area contributed by atoms with Crippen molar-refractivity contribution in [2.45, 2.75) is 38.0 Å². The predicted octanol–water partition coefficient (Wildman–Crippen LogP) is 3.86. The van der Waals surface area contributed by atoms with E-state index in [1.807, 2.05) is 12.1 Å². The zero-order valence-electron chi connectivity index (χ0n) is 18.1. The van der Waals surface area contributed by atoms with Crippen LogP contribution in [-0.4, -0.2) is 33.3 Å². The van der Waals surface area contributed by atoms with Crippen molar-refractivity contribution >= 4 is 44.6 Å². The number of primary amides is 1. The molecule has 3 aromatic rings. The average Bonchev–Trinajstić information content (AvgIpc) is 2.82. The molecular formula is C23H22BrN5O5. The molecule has 0 unspecified atom stereocenters. The molecule has 1 amide bonds. The van der Waals surface area contributed by atoms with Gasteiger partial charge in [-0.3, -0.25) is 19.7 Å². The quantitative estimate of drug-likeness (QED) is 0.280. The van der Waals surface area contributed by atoms with Crippen LogP contribution in [0.2, 0.25) is 0 Å². The van der Waals surface area contributed by atoms with Crippen LogP contribution in [0.3, 0.4) is 0 Å². The minimum atomic E-state index is -0.759. The zero-order valence-corrected chi connectivity index (χ0v) is 19.7. The van der Waals surface area contributed by atoms with E-state index in [0.29, 0.717) is 22.3 Å². The molecule has 11 heteroatoms. The number of amides is 1. The third-order valence-electron chi connectivity index (χ3n) is 5.67. The number of benzene rings is 2. The van der Waals surface area contributed by atoms with Crippen molar-refractivity contribution in [2.75, 3.05) is 6.61 Å². The molecule has 0 aliphatic heterocycles. The van der Waals surface area contributed by atoms with Crippen LogP contribution < -0.4 is 16.0 Å². The summed E-state index contributed by atoms with van der Waals surface area (Å²) >= 11 is 3.24. The summed E-state index contributed by atoms with van der Waals surface area (Å²) in [5.41, 5.74) is 5.40. The maximum absolute atomic E-state index is 13.3. The molecule has 1 fully saturated rings. The lowest BCUT2D eigenvalue weighted by atomic mass is 9.88. The minimum Gasteiger partial charge on any atom is -0.476 e. The number of aromatic nitrogens is 2. The van der Waals surface area contributed by atoms with E-state index < -0.39 is 17.4 Å². The first-order valence-corrected chi connectivity index (χ1v) is 11.6. The number of carbonyl (C=O) groups is 1. The molecule has 1 aliphatic carbocycles. The van der Waals surface area contributed by atoms with Crippen molar-refractivity contribution in [2.24, 2.45) is 10.8 Å². The first-order valence-electron chi connectivity index (χ1n) is 10.8. The van der Waals surface area contributed by atoms with Gasteiger partial charge >= 0.3 is 5.69 Å². The summed E-state index contributed by atoms with van der Waals surface area (Å²) in [7, 11) is 0. The van der Waals surface area contributed by atoms with E-state index in [4.69, 9.17) is 15.5 Å². The second kappa shape index (κ2) is 10.1. The third-order valence-corrected chi connectivity index (χ3v) is 6.26. The van der Waals surface area contributed by atoms with Gasteiger partial charge in [0.05, 0.1) is 26.5 Å². The number of rotatable bonds is 7. The number of nitrogens with two attached hydrogens (primary N) is 1. The van der Waals surface area contributed by atoms with Gasteiger partial charge in [-0.25, -0.2) is 4.98 Å². The molecule has 4 rings (SSSR count). The number of carbonyl (C=O) groups excluding carboxylic acids is 1. The molecule has 0 saturated heterocycles. The lowest BCUT2D eigenvalue weighted by molar-refractivity contribution is -0.385. The fourth-order valence-corrected chi connectivity index (χ4v) is 4.68. The Kier molecular flexibility index (Phi) is 7.01. The van der Waals surface area contributed by atoms with Crippen molar-refractivity contribution in [1.29, 1.82) is 0 Å². The van der Waals surface area contributed by atoms with E-state index in [2.05, 4.69) is 21.0 Å². The highest BCUT2D eigenvalue weighted by Gasteiger charge is 2.23. The maximum atomic E-state index is 13.3. The van der Waals surface area contributed by atoms with Crippen molar-refractivity contribution in [3.8, 4) is 5.75 Å². The second-order valence-electron chi connectivity index (χ2n) is 8.05. The Morgan fingerprint density at radius 2 is 2.03 bits per heavy atom. The molecule has 0 bridgehead atoms. The van der Waals surface area contributed by atoms with Gasteiger partial charge in [0.1, 0.15) is 5.82 Å². The van der Waals surface area contributed by atoms with E-state index in [9.17, 15) is 19.7 Å². The Bertz CT molecular complexity index is 1350. The molecule has 10 nitrogen and oxygen atoms in total. The first-order chi connectivity index (χ1) is 16.3. The monoisotopic (exact) mass is 527 g/mol.